The fraction of sp³-hybridized carbons (Fsp3) is 0.318. The molecule has 0 radical (unpaired) electrons. The molecule has 0 saturated heterocycles. The Balaban J connectivity index is 1.64. The van der Waals surface area contributed by atoms with Crippen LogP contribution >= 0.6 is 0 Å². The van der Waals surface area contributed by atoms with Crippen LogP contribution in [0.5, 0.6) is 11.6 Å². The Morgan fingerprint density at radius 2 is 1.96 bits per heavy atom. The molecule has 1 fully saturated rings. The minimum absolute atomic E-state index is 0.00266. The molecule has 1 saturated carbocycles. The van der Waals surface area contributed by atoms with Gasteiger partial charge >= 0.3 is 0 Å². The van der Waals surface area contributed by atoms with Crippen molar-refractivity contribution in [2.75, 3.05) is 5.32 Å². The minimum atomic E-state index is -0.522. The van der Waals surface area contributed by atoms with Gasteiger partial charge in [-0.15, -0.1) is 0 Å². The van der Waals surface area contributed by atoms with Crippen molar-refractivity contribution in [3.63, 3.8) is 0 Å². The number of nitrogens with zero attached hydrogens (tertiary/aromatic N) is 1. The Bertz CT molecular complexity index is 928. The third-order valence-corrected chi connectivity index (χ3v) is 5.05. The van der Waals surface area contributed by atoms with Crippen molar-refractivity contribution >= 4 is 17.5 Å². The topological polar surface area (TPSA) is 94.3 Å². The number of carbonyl (C=O) groups excluding carboxylic acids is 2. The first-order chi connectivity index (χ1) is 13.2. The SMILES string of the molecule is CC(C)=CC1C(C(=O)Nc2ccc(Oc3cccc(C(N)=O)c3)nc2)C1(C)C. The first kappa shape index (κ1) is 19.6. The smallest absolute Gasteiger partial charge is 0.248 e. The van der Waals surface area contributed by atoms with Crippen molar-refractivity contribution in [1.82, 2.24) is 4.98 Å². The van der Waals surface area contributed by atoms with Gasteiger partial charge in [0.1, 0.15) is 5.75 Å². The highest BCUT2D eigenvalue weighted by molar-refractivity contribution is 5.95. The maximum absolute atomic E-state index is 12.6. The molecular weight excluding hydrogens is 354 g/mol. The molecule has 3 rings (SSSR count). The molecule has 28 heavy (non-hydrogen) atoms. The normalized spacial score (nSPS) is 19.4. The number of benzene rings is 1. The summed E-state index contributed by atoms with van der Waals surface area (Å²) in [6.45, 7) is 8.31. The van der Waals surface area contributed by atoms with Gasteiger partial charge in [-0.3, -0.25) is 9.59 Å². The number of rotatable bonds is 6. The van der Waals surface area contributed by atoms with E-state index in [9.17, 15) is 9.59 Å². The Hall–Kier alpha value is -3.15. The summed E-state index contributed by atoms with van der Waals surface area (Å²) in [4.78, 5) is 28.1. The van der Waals surface area contributed by atoms with Gasteiger partial charge in [-0.2, -0.15) is 0 Å². The Kier molecular flexibility index (Phi) is 5.23. The number of ether oxygens (including phenoxy) is 1. The lowest BCUT2D eigenvalue weighted by molar-refractivity contribution is -0.118. The first-order valence-corrected chi connectivity index (χ1v) is 9.18. The maximum atomic E-state index is 12.6. The molecule has 6 heteroatoms. The summed E-state index contributed by atoms with van der Waals surface area (Å²) in [5.74, 6) is 0.502. The predicted molar refractivity (Wildman–Crippen MR) is 108 cm³/mol. The molecule has 146 valence electrons. The third-order valence-electron chi connectivity index (χ3n) is 5.05. The molecule has 1 aliphatic rings. The standard InChI is InChI=1S/C22H25N3O3/c1-13(2)10-17-19(22(17,3)4)21(27)25-15-8-9-18(24-12-15)28-16-7-5-6-14(11-16)20(23)26/h5-12,17,19H,1-4H3,(H2,23,26)(H,25,27). The number of hydrogen-bond acceptors (Lipinski definition) is 4. The number of anilines is 1. The van der Waals surface area contributed by atoms with Crippen LogP contribution in [0.15, 0.2) is 54.2 Å². The van der Waals surface area contributed by atoms with E-state index in [0.717, 1.165) is 0 Å². The average Bonchev–Trinajstić information content (AvgIpc) is 3.16. The molecule has 1 aliphatic carbocycles. The van der Waals surface area contributed by atoms with E-state index in [4.69, 9.17) is 10.5 Å². The number of nitrogens with two attached hydrogens (primary N) is 1. The van der Waals surface area contributed by atoms with Crippen molar-refractivity contribution in [2.24, 2.45) is 23.0 Å². The number of nitrogens with one attached hydrogen (secondary N) is 1. The van der Waals surface area contributed by atoms with Crippen molar-refractivity contribution in [3.8, 4) is 11.6 Å². The zero-order valence-corrected chi connectivity index (χ0v) is 16.5. The summed E-state index contributed by atoms with van der Waals surface area (Å²) in [5, 5.41) is 2.93. The van der Waals surface area contributed by atoms with E-state index in [0.29, 0.717) is 22.9 Å². The number of amides is 2. The van der Waals surface area contributed by atoms with Crippen LogP contribution in [0, 0.1) is 17.3 Å². The summed E-state index contributed by atoms with van der Waals surface area (Å²) in [6, 6.07) is 9.97. The summed E-state index contributed by atoms with van der Waals surface area (Å²) in [5.41, 5.74) is 7.43. The van der Waals surface area contributed by atoms with E-state index in [1.54, 1.807) is 42.6 Å². The molecule has 2 amide bonds. The quantitative estimate of drug-likeness (QED) is 0.737. The van der Waals surface area contributed by atoms with Crippen LogP contribution in [0.25, 0.3) is 0 Å². The van der Waals surface area contributed by atoms with Gasteiger partial charge in [0.2, 0.25) is 17.7 Å². The minimum Gasteiger partial charge on any atom is -0.439 e. The summed E-state index contributed by atoms with van der Waals surface area (Å²) in [6.07, 6.45) is 3.72. The van der Waals surface area contributed by atoms with Crippen molar-refractivity contribution in [1.29, 1.82) is 0 Å². The second-order valence-electron chi connectivity index (χ2n) is 7.94. The number of aromatic nitrogens is 1. The van der Waals surface area contributed by atoms with Gasteiger partial charge in [0, 0.05) is 11.6 Å². The van der Waals surface area contributed by atoms with Gasteiger partial charge in [0.15, 0.2) is 0 Å². The number of pyridine rings is 1. The van der Waals surface area contributed by atoms with Crippen LogP contribution < -0.4 is 15.8 Å². The molecule has 0 bridgehead atoms. The fourth-order valence-corrected chi connectivity index (χ4v) is 3.42. The van der Waals surface area contributed by atoms with Crippen molar-refractivity contribution < 1.29 is 14.3 Å². The van der Waals surface area contributed by atoms with Crippen LogP contribution in [0.4, 0.5) is 5.69 Å². The zero-order chi connectivity index (χ0) is 20.5. The van der Waals surface area contributed by atoms with Gasteiger partial charge < -0.3 is 15.8 Å². The highest BCUT2D eigenvalue weighted by Gasteiger charge is 2.60. The monoisotopic (exact) mass is 379 g/mol. The molecule has 0 spiro atoms. The Morgan fingerprint density at radius 1 is 1.21 bits per heavy atom. The Labute approximate surface area is 164 Å². The summed E-state index contributed by atoms with van der Waals surface area (Å²) < 4.78 is 5.64. The van der Waals surface area contributed by atoms with Gasteiger partial charge in [0.25, 0.3) is 0 Å². The highest BCUT2D eigenvalue weighted by atomic mass is 16.5. The van der Waals surface area contributed by atoms with E-state index < -0.39 is 5.91 Å². The number of carbonyl (C=O) groups is 2. The molecule has 1 aromatic heterocycles. The highest BCUT2D eigenvalue weighted by Crippen LogP contribution is 2.59. The van der Waals surface area contributed by atoms with E-state index >= 15 is 0 Å². The van der Waals surface area contributed by atoms with Crippen LogP contribution in [0.3, 0.4) is 0 Å². The third kappa shape index (κ3) is 4.22. The van der Waals surface area contributed by atoms with E-state index in [1.165, 1.54) is 5.57 Å². The second kappa shape index (κ2) is 7.46. The number of hydrogen-bond donors (Lipinski definition) is 2. The van der Waals surface area contributed by atoms with Gasteiger partial charge in [-0.25, -0.2) is 4.98 Å². The van der Waals surface area contributed by atoms with Crippen molar-refractivity contribution in [3.05, 3.63) is 59.8 Å². The van der Waals surface area contributed by atoms with E-state index in [-0.39, 0.29) is 23.2 Å². The average molecular weight is 379 g/mol. The Morgan fingerprint density at radius 3 is 2.57 bits per heavy atom. The molecule has 2 unspecified atom stereocenters. The molecule has 2 atom stereocenters. The summed E-state index contributed by atoms with van der Waals surface area (Å²) in [7, 11) is 0. The molecule has 3 N–H and O–H groups in total. The number of allylic oxidation sites excluding steroid dienone is 2. The summed E-state index contributed by atoms with van der Waals surface area (Å²) >= 11 is 0. The largest absolute Gasteiger partial charge is 0.439 e. The van der Waals surface area contributed by atoms with Crippen LogP contribution in [-0.4, -0.2) is 16.8 Å². The second-order valence-corrected chi connectivity index (χ2v) is 7.94. The molecule has 1 aromatic carbocycles. The van der Waals surface area contributed by atoms with Gasteiger partial charge in [-0.1, -0.05) is 31.6 Å². The first-order valence-electron chi connectivity index (χ1n) is 9.18. The lowest BCUT2D eigenvalue weighted by atomic mass is 10.1. The zero-order valence-electron chi connectivity index (χ0n) is 16.5. The van der Waals surface area contributed by atoms with Gasteiger partial charge in [0.05, 0.1) is 17.8 Å². The van der Waals surface area contributed by atoms with E-state index in [2.05, 4.69) is 30.2 Å². The fourth-order valence-electron chi connectivity index (χ4n) is 3.42. The molecule has 2 aromatic rings. The van der Waals surface area contributed by atoms with Crippen LogP contribution in [-0.2, 0) is 4.79 Å². The number of primary amides is 1. The molecule has 6 nitrogen and oxygen atoms in total. The molecule has 0 aliphatic heterocycles. The van der Waals surface area contributed by atoms with Crippen LogP contribution in [0.1, 0.15) is 38.1 Å². The maximum Gasteiger partial charge on any atom is 0.248 e. The van der Waals surface area contributed by atoms with Crippen LogP contribution in [0.2, 0.25) is 0 Å². The van der Waals surface area contributed by atoms with Gasteiger partial charge in [-0.05, 0) is 49.4 Å². The predicted octanol–water partition coefficient (Wildman–Crippen LogP) is 4.15. The molecular formula is C22H25N3O3. The van der Waals surface area contributed by atoms with Crippen molar-refractivity contribution in [2.45, 2.75) is 27.7 Å². The van der Waals surface area contributed by atoms with E-state index in [1.807, 2.05) is 13.8 Å². The molecule has 1 heterocycles. The lowest BCUT2D eigenvalue weighted by Crippen LogP contribution is -2.17. The lowest BCUT2D eigenvalue weighted by Gasteiger charge is -2.08.